The third-order valence-corrected chi connectivity index (χ3v) is 5.26. The van der Waals surface area contributed by atoms with Crippen molar-refractivity contribution in [3.05, 3.63) is 48.4 Å². The molecule has 0 aliphatic carbocycles. The molecule has 150 valence electrons. The second kappa shape index (κ2) is 8.95. The first kappa shape index (κ1) is 20.0. The van der Waals surface area contributed by atoms with E-state index in [2.05, 4.69) is 22.5 Å². The Bertz CT molecular complexity index is 776. The maximum Gasteiger partial charge on any atom is 0.287 e. The van der Waals surface area contributed by atoms with Gasteiger partial charge < -0.3 is 20.0 Å². The Morgan fingerprint density at radius 2 is 1.79 bits per heavy atom. The molecule has 0 spiro atoms. The number of benzene rings is 1. The highest BCUT2D eigenvalue weighted by Gasteiger charge is 2.25. The van der Waals surface area contributed by atoms with Crippen LogP contribution in [-0.2, 0) is 4.79 Å². The second-order valence-corrected chi connectivity index (χ2v) is 7.88. The van der Waals surface area contributed by atoms with Crippen molar-refractivity contribution in [1.82, 2.24) is 5.32 Å². The van der Waals surface area contributed by atoms with Crippen molar-refractivity contribution in [1.29, 1.82) is 0 Å². The molecule has 2 aromatic rings. The molecule has 1 aliphatic heterocycles. The molecule has 3 rings (SSSR count). The van der Waals surface area contributed by atoms with Crippen LogP contribution in [0.25, 0.3) is 0 Å². The zero-order valence-electron chi connectivity index (χ0n) is 16.8. The zero-order chi connectivity index (χ0) is 20.1. The fraction of sp³-hybridized carbons (Fsp3) is 0.455. The fourth-order valence-electron chi connectivity index (χ4n) is 3.40. The molecular weight excluding hydrogens is 354 g/mol. The Labute approximate surface area is 166 Å². The van der Waals surface area contributed by atoms with Gasteiger partial charge in [0.1, 0.15) is 6.04 Å². The van der Waals surface area contributed by atoms with Crippen molar-refractivity contribution in [3.63, 3.8) is 0 Å². The number of furan rings is 1. The number of carbonyl (C=O) groups excluding carboxylic acids is 2. The number of hydrogen-bond acceptors (Lipinski definition) is 4. The Balaban J connectivity index is 1.60. The number of anilines is 2. The maximum atomic E-state index is 12.7. The first-order valence-electron chi connectivity index (χ1n) is 9.94. The predicted octanol–water partition coefficient (Wildman–Crippen LogP) is 3.91. The standard InChI is InChI=1S/C22H29N3O3/c1-15(2)20(24-21(26)19-5-4-14-28-19)22(27)23-17-6-8-18(9-7-17)25-12-10-16(3)11-13-25/h4-9,14-16,20H,10-13H2,1-3H3,(H,23,27)(H,24,26). The summed E-state index contributed by atoms with van der Waals surface area (Å²) in [6.45, 7) is 8.23. The molecule has 2 amide bonds. The molecule has 0 radical (unpaired) electrons. The summed E-state index contributed by atoms with van der Waals surface area (Å²) in [6, 6.07) is 10.5. The van der Waals surface area contributed by atoms with E-state index in [1.807, 2.05) is 38.1 Å². The van der Waals surface area contributed by atoms with Crippen LogP contribution < -0.4 is 15.5 Å². The summed E-state index contributed by atoms with van der Waals surface area (Å²) in [5.41, 5.74) is 1.90. The highest BCUT2D eigenvalue weighted by Crippen LogP contribution is 2.24. The molecule has 1 aromatic carbocycles. The third-order valence-electron chi connectivity index (χ3n) is 5.26. The van der Waals surface area contributed by atoms with Crippen LogP contribution in [-0.4, -0.2) is 30.9 Å². The molecule has 2 N–H and O–H groups in total. The molecule has 28 heavy (non-hydrogen) atoms. The smallest absolute Gasteiger partial charge is 0.287 e. The number of rotatable bonds is 6. The molecule has 2 heterocycles. The van der Waals surface area contributed by atoms with E-state index in [-0.39, 0.29) is 17.6 Å². The van der Waals surface area contributed by atoms with Gasteiger partial charge in [-0.05, 0) is 61.1 Å². The molecular formula is C22H29N3O3. The van der Waals surface area contributed by atoms with Crippen LogP contribution >= 0.6 is 0 Å². The van der Waals surface area contributed by atoms with E-state index in [0.29, 0.717) is 0 Å². The van der Waals surface area contributed by atoms with Crippen molar-refractivity contribution in [2.45, 2.75) is 39.7 Å². The van der Waals surface area contributed by atoms with Crippen LogP contribution in [0.4, 0.5) is 11.4 Å². The van der Waals surface area contributed by atoms with E-state index in [1.165, 1.54) is 24.8 Å². The molecule has 0 bridgehead atoms. The lowest BCUT2D eigenvalue weighted by atomic mass is 9.99. The first-order chi connectivity index (χ1) is 13.4. The van der Waals surface area contributed by atoms with Gasteiger partial charge in [0.2, 0.25) is 5.91 Å². The molecule has 1 saturated heterocycles. The van der Waals surface area contributed by atoms with Crippen molar-refractivity contribution in [2.24, 2.45) is 11.8 Å². The van der Waals surface area contributed by atoms with E-state index in [9.17, 15) is 9.59 Å². The van der Waals surface area contributed by atoms with Gasteiger partial charge in [0, 0.05) is 24.5 Å². The van der Waals surface area contributed by atoms with Gasteiger partial charge in [-0.1, -0.05) is 20.8 Å². The minimum Gasteiger partial charge on any atom is -0.459 e. The Hall–Kier alpha value is -2.76. The van der Waals surface area contributed by atoms with Crippen LogP contribution in [0.3, 0.4) is 0 Å². The van der Waals surface area contributed by atoms with Crippen LogP contribution in [0.5, 0.6) is 0 Å². The number of hydrogen-bond donors (Lipinski definition) is 2. The number of carbonyl (C=O) groups is 2. The molecule has 1 aliphatic rings. The largest absolute Gasteiger partial charge is 0.459 e. The SMILES string of the molecule is CC1CCN(c2ccc(NC(=O)C(NC(=O)c3ccco3)C(C)C)cc2)CC1. The molecule has 0 saturated carbocycles. The minimum absolute atomic E-state index is 0.0616. The van der Waals surface area contributed by atoms with Gasteiger partial charge in [0.05, 0.1) is 6.26 Å². The third kappa shape index (κ3) is 4.94. The summed E-state index contributed by atoms with van der Waals surface area (Å²) in [6.07, 6.45) is 3.86. The van der Waals surface area contributed by atoms with E-state index in [4.69, 9.17) is 4.42 Å². The van der Waals surface area contributed by atoms with E-state index >= 15 is 0 Å². The van der Waals surface area contributed by atoms with Crippen molar-refractivity contribution in [2.75, 3.05) is 23.3 Å². The number of nitrogens with zero attached hydrogens (tertiary/aromatic N) is 1. The summed E-state index contributed by atoms with van der Waals surface area (Å²) < 4.78 is 5.10. The van der Waals surface area contributed by atoms with E-state index in [0.717, 1.165) is 24.7 Å². The van der Waals surface area contributed by atoms with Crippen molar-refractivity contribution in [3.8, 4) is 0 Å². The fourth-order valence-corrected chi connectivity index (χ4v) is 3.40. The highest BCUT2D eigenvalue weighted by atomic mass is 16.3. The minimum atomic E-state index is -0.652. The lowest BCUT2D eigenvalue weighted by Gasteiger charge is -2.32. The maximum absolute atomic E-state index is 12.7. The summed E-state index contributed by atoms with van der Waals surface area (Å²) in [5.74, 6) is 0.286. The molecule has 1 atom stereocenters. The molecule has 1 unspecified atom stereocenters. The molecule has 1 fully saturated rings. The zero-order valence-corrected chi connectivity index (χ0v) is 16.8. The lowest BCUT2D eigenvalue weighted by molar-refractivity contribution is -0.118. The van der Waals surface area contributed by atoms with Gasteiger partial charge in [0.15, 0.2) is 5.76 Å². The van der Waals surface area contributed by atoms with Gasteiger partial charge in [0.25, 0.3) is 5.91 Å². The van der Waals surface area contributed by atoms with Gasteiger partial charge >= 0.3 is 0 Å². The summed E-state index contributed by atoms with van der Waals surface area (Å²) >= 11 is 0. The van der Waals surface area contributed by atoms with Gasteiger partial charge in [-0.25, -0.2) is 0 Å². The summed E-state index contributed by atoms with van der Waals surface area (Å²) in [4.78, 5) is 27.3. The number of amides is 2. The van der Waals surface area contributed by atoms with Gasteiger partial charge in [-0.15, -0.1) is 0 Å². The Morgan fingerprint density at radius 1 is 1.11 bits per heavy atom. The number of nitrogens with one attached hydrogen (secondary N) is 2. The Kier molecular flexibility index (Phi) is 6.39. The average Bonchev–Trinajstić information content (AvgIpc) is 3.22. The lowest BCUT2D eigenvalue weighted by Crippen LogP contribution is -2.47. The first-order valence-corrected chi connectivity index (χ1v) is 9.94. The van der Waals surface area contributed by atoms with Crippen molar-refractivity contribution >= 4 is 23.2 Å². The molecule has 6 nitrogen and oxygen atoms in total. The summed E-state index contributed by atoms with van der Waals surface area (Å²) in [7, 11) is 0. The normalized spacial score (nSPS) is 16.1. The van der Waals surface area contributed by atoms with Crippen molar-refractivity contribution < 1.29 is 14.0 Å². The highest BCUT2D eigenvalue weighted by molar-refractivity contribution is 6.00. The summed E-state index contributed by atoms with van der Waals surface area (Å²) in [5, 5.41) is 5.66. The van der Waals surface area contributed by atoms with Crippen LogP contribution in [0, 0.1) is 11.8 Å². The number of piperidine rings is 1. The molecule has 6 heteroatoms. The van der Waals surface area contributed by atoms with Gasteiger partial charge in [-0.2, -0.15) is 0 Å². The van der Waals surface area contributed by atoms with Gasteiger partial charge in [-0.3, -0.25) is 9.59 Å². The van der Waals surface area contributed by atoms with E-state index < -0.39 is 11.9 Å². The second-order valence-electron chi connectivity index (χ2n) is 7.88. The van der Waals surface area contributed by atoms with Crippen LogP contribution in [0.2, 0.25) is 0 Å². The van der Waals surface area contributed by atoms with Crippen LogP contribution in [0.1, 0.15) is 44.2 Å². The Morgan fingerprint density at radius 3 is 2.36 bits per heavy atom. The predicted molar refractivity (Wildman–Crippen MR) is 110 cm³/mol. The van der Waals surface area contributed by atoms with Crippen LogP contribution in [0.15, 0.2) is 47.1 Å². The average molecular weight is 383 g/mol. The topological polar surface area (TPSA) is 74.6 Å². The van der Waals surface area contributed by atoms with E-state index in [1.54, 1.807) is 12.1 Å². The molecule has 1 aromatic heterocycles. The quantitative estimate of drug-likeness (QED) is 0.793. The monoisotopic (exact) mass is 383 g/mol.